The number of hydrogen-bond acceptors (Lipinski definition) is 25. The number of halogens is 3. The summed E-state index contributed by atoms with van der Waals surface area (Å²) >= 11 is 15.9. The van der Waals surface area contributed by atoms with Crippen molar-refractivity contribution in [2.24, 2.45) is 4.99 Å². The Bertz CT molecular complexity index is 4370. The average molecular weight is 1570 g/mol. The molecule has 25 nitrogen and oxygen atoms in total. The van der Waals surface area contributed by atoms with Gasteiger partial charge in [-0.1, -0.05) is 81.3 Å². The lowest BCUT2D eigenvalue weighted by Crippen LogP contribution is -2.26. The smallest absolute Gasteiger partial charge is 0.349 e. The van der Waals surface area contributed by atoms with Gasteiger partial charge in [0.2, 0.25) is 0 Å². The van der Waals surface area contributed by atoms with Crippen LogP contribution in [0.1, 0.15) is 82.5 Å². The molecule has 0 unspecified atom stereocenters. The number of nitrogen functional groups attached to an aromatic ring is 1. The Balaban J connectivity index is 0.000000174. The number of nitrogens with one attached hydrogen (secondary N) is 1. The number of benzene rings is 2. The zero-order chi connectivity index (χ0) is 68.5. The molecule has 9 aromatic heterocycles. The van der Waals surface area contributed by atoms with Gasteiger partial charge in [-0.15, -0.1) is 56.7 Å². The number of carboxylic acid groups (broad SMARTS) is 1. The number of amides is 4. The van der Waals surface area contributed by atoms with Crippen LogP contribution in [-0.4, -0.2) is 116 Å². The first-order chi connectivity index (χ1) is 44.9. The van der Waals surface area contributed by atoms with E-state index < -0.39 is 5.97 Å². The first-order valence-corrected chi connectivity index (χ1v) is 33.6. The lowest BCUT2D eigenvalue weighted by Gasteiger charge is -2.13. The van der Waals surface area contributed by atoms with Gasteiger partial charge in [-0.25, -0.2) is 9.79 Å². The van der Waals surface area contributed by atoms with Gasteiger partial charge in [0.1, 0.15) is 48.2 Å². The van der Waals surface area contributed by atoms with Crippen LogP contribution < -0.4 is 44.7 Å². The average Bonchev–Trinajstić information content (AvgIpc) is 1.66. The summed E-state index contributed by atoms with van der Waals surface area (Å²) in [5.41, 5.74) is 9.03. The molecule has 94 heavy (non-hydrogen) atoms. The molecule has 492 valence electrons. The fraction of sp³-hybridized carbons (Fsp3) is 0.180. The van der Waals surface area contributed by atoms with Crippen LogP contribution in [0.25, 0.3) is 0 Å². The molecule has 0 aliphatic rings. The van der Waals surface area contributed by atoms with E-state index in [1.807, 2.05) is 71.4 Å². The Labute approximate surface area is 582 Å². The van der Waals surface area contributed by atoms with Gasteiger partial charge >= 0.3 is 5.97 Å². The number of aliphatic imine (C=N–C) groups is 1. The number of nitrogens with two attached hydrogens (primary N) is 1. The van der Waals surface area contributed by atoms with Crippen LogP contribution in [0.2, 0.25) is 0 Å². The molecule has 0 radical (unpaired) electrons. The molecule has 0 bridgehead atoms. The quantitative estimate of drug-likeness (QED) is 0.0653. The molecule has 0 atom stereocenters. The van der Waals surface area contributed by atoms with Crippen LogP contribution in [0, 0.1) is 27.7 Å². The first-order valence-electron chi connectivity index (χ1n) is 26.9. The Morgan fingerprint density at radius 3 is 1.24 bits per heavy atom. The molecular weight excluding hydrogens is 1510 g/mol. The van der Waals surface area contributed by atoms with Crippen LogP contribution in [0.3, 0.4) is 0 Å². The van der Waals surface area contributed by atoms with Gasteiger partial charge in [-0.2, -0.15) is 0 Å². The van der Waals surface area contributed by atoms with E-state index in [0.29, 0.717) is 94.1 Å². The summed E-state index contributed by atoms with van der Waals surface area (Å²) in [5.74, 6) is 3.89. The van der Waals surface area contributed by atoms with Crippen molar-refractivity contribution in [2.45, 2.75) is 27.7 Å². The fourth-order valence-electron chi connectivity index (χ4n) is 7.79. The van der Waals surface area contributed by atoms with E-state index in [9.17, 15) is 29.1 Å². The van der Waals surface area contributed by atoms with E-state index in [4.69, 9.17) is 52.9 Å². The van der Waals surface area contributed by atoms with Crippen molar-refractivity contribution in [3.8, 4) is 28.7 Å². The maximum absolute atomic E-state index is 13.1. The van der Waals surface area contributed by atoms with Gasteiger partial charge in [-0.05, 0) is 75.5 Å². The van der Waals surface area contributed by atoms with Gasteiger partial charge in [0, 0.05) is 83.4 Å². The van der Waals surface area contributed by atoms with E-state index in [1.165, 1.54) is 75.4 Å². The van der Waals surface area contributed by atoms with E-state index in [1.54, 1.807) is 91.0 Å². The van der Waals surface area contributed by atoms with Crippen molar-refractivity contribution >= 4 is 174 Å². The molecule has 11 rings (SSSR count). The maximum Gasteiger partial charge on any atom is 0.349 e. The van der Waals surface area contributed by atoms with Gasteiger partial charge in [-0.3, -0.25) is 33.9 Å². The highest BCUT2D eigenvalue weighted by Crippen LogP contribution is 2.41. The maximum atomic E-state index is 13.1. The largest absolute Gasteiger partial charge is 0.504 e. The third kappa shape index (κ3) is 18.0. The number of ether oxygens (including phenoxy) is 4. The topological polar surface area (TPSA) is 327 Å². The monoisotopic (exact) mass is 1570 g/mol. The molecule has 0 fully saturated rings. The Morgan fingerprint density at radius 2 is 0.872 bits per heavy atom. The fourth-order valence-corrected chi connectivity index (χ4v) is 14.2. The normalized spacial score (nSPS) is 10.4. The summed E-state index contributed by atoms with van der Waals surface area (Å²) in [4.78, 5) is 70.8. The third-order valence-electron chi connectivity index (χ3n) is 12.4. The van der Waals surface area contributed by atoms with Crippen molar-refractivity contribution in [3.05, 3.63) is 184 Å². The molecular formula is C61H57Br3N10O15S5. The number of carboxylic acids is 1. The Kier molecular flexibility index (Phi) is 26.0. The third-order valence-corrected chi connectivity index (χ3v) is 19.9. The van der Waals surface area contributed by atoms with Crippen molar-refractivity contribution in [1.29, 1.82) is 0 Å². The second kappa shape index (κ2) is 33.7. The van der Waals surface area contributed by atoms with Crippen LogP contribution >= 0.6 is 104 Å². The minimum atomic E-state index is -0.961. The first kappa shape index (κ1) is 72.5. The number of nitrogens with zero attached hydrogens (tertiary/aromatic N) is 8. The number of aromatic carboxylic acids is 1. The summed E-state index contributed by atoms with van der Waals surface area (Å²) in [6.45, 7) is 7.04. The number of carbonyl (C=O) groups is 5. The van der Waals surface area contributed by atoms with E-state index in [0.717, 1.165) is 48.5 Å². The molecule has 0 aliphatic carbocycles. The molecule has 0 spiro atoms. The molecule has 33 heteroatoms. The SMILES string of the molecule is COc1c(Br)csc1C(=O)N(C)c1cc(C)on1.COc1c(Br)csc1C(=O)Nc1cc(C)on1.COc1c(Br)csc1C(=O)O.COc1c(N=C(c2ccccc2)c2ccccc2)csc1C(=O)N(C)c1cc(C)on1.Cc1cc(N(C)C(=O)c2scc(N)c2O)no1. The molecule has 9 heterocycles. The van der Waals surface area contributed by atoms with Crippen LogP contribution in [0.4, 0.5) is 34.6 Å². The highest BCUT2D eigenvalue weighted by atomic mass is 79.9. The van der Waals surface area contributed by atoms with Gasteiger partial charge in [0.25, 0.3) is 23.6 Å². The van der Waals surface area contributed by atoms with Gasteiger partial charge in [0.15, 0.2) is 56.9 Å². The van der Waals surface area contributed by atoms with Crippen molar-refractivity contribution in [2.75, 3.05) is 75.3 Å². The number of aromatic hydroxyl groups is 1. The zero-order valence-corrected chi connectivity index (χ0v) is 60.3. The molecule has 2 aromatic carbocycles. The second-order valence-corrected chi connectivity index (χ2v) is 25.9. The lowest BCUT2D eigenvalue weighted by atomic mass is 10.0. The molecule has 0 aliphatic heterocycles. The summed E-state index contributed by atoms with van der Waals surface area (Å²) < 4.78 is 42.8. The minimum Gasteiger partial charge on any atom is -0.504 e. The van der Waals surface area contributed by atoms with Crippen LogP contribution in [0.15, 0.2) is 148 Å². The number of anilines is 5. The summed E-state index contributed by atoms with van der Waals surface area (Å²) in [5, 5.41) is 44.6. The molecule has 0 saturated heterocycles. The van der Waals surface area contributed by atoms with E-state index in [2.05, 4.69) is 73.7 Å². The second-order valence-electron chi connectivity index (χ2n) is 18.9. The highest BCUT2D eigenvalue weighted by molar-refractivity contribution is 9.11. The molecule has 0 saturated carbocycles. The van der Waals surface area contributed by atoms with Crippen molar-refractivity contribution in [1.82, 2.24) is 20.6 Å². The summed E-state index contributed by atoms with van der Waals surface area (Å²) in [7, 11) is 10.9. The van der Waals surface area contributed by atoms with E-state index >= 15 is 0 Å². The van der Waals surface area contributed by atoms with Gasteiger partial charge in [0.05, 0.1) is 53.3 Å². The minimum absolute atomic E-state index is 0.184. The molecule has 5 N–H and O–H groups in total. The number of rotatable bonds is 16. The Hall–Kier alpha value is -8.96. The van der Waals surface area contributed by atoms with Crippen LogP contribution in [-0.2, 0) is 0 Å². The molecule has 4 amide bonds. The van der Waals surface area contributed by atoms with Crippen molar-refractivity contribution in [3.63, 3.8) is 0 Å². The lowest BCUT2D eigenvalue weighted by molar-refractivity contribution is 0.0697. The summed E-state index contributed by atoms with van der Waals surface area (Å²) in [6.07, 6.45) is 0. The number of thiophene rings is 5. The number of aromatic nitrogens is 4. The predicted molar refractivity (Wildman–Crippen MR) is 373 cm³/mol. The number of aryl methyl sites for hydroxylation is 4. The number of methoxy groups -OCH3 is 4. The van der Waals surface area contributed by atoms with Crippen LogP contribution in [0.5, 0.6) is 28.7 Å². The standard InChI is InChI=1S/C24H21N3O3S.C11H11BrN2O3S.C10H9BrN2O3S.C10H11N3O3S.C6H5BrO3S/c1-16-14-20(26-30-16)27(2)24(28)23-22(29-3)19(15-31-23)25-21(17-10-6-4-7-11-17)18-12-8-5-9-13-18;1-6-4-8(13-17-6)14(2)11(15)10-9(16-3)7(12)5-18-10;1-5-3-7(13-16-5)12-10(14)9-8(15-2)6(11)4-17-9;1-5-3-7(12-16-5)13(2)10(15)9-8(14)6(11)4-17-9;1-10-4-3(7)2-11-5(4)6(8)9/h4-15H,1-3H3;4-5H,1-3H3;3-4H,1-2H3,(H,12,13,14);3-4,14H,11H2,1-2H3;2H,1H3,(H,8,9). The van der Waals surface area contributed by atoms with Gasteiger partial charge < -0.3 is 58.3 Å². The summed E-state index contributed by atoms with van der Waals surface area (Å²) in [6, 6.07) is 26.6. The van der Waals surface area contributed by atoms with E-state index in [-0.39, 0.29) is 44.8 Å². The number of carbonyl (C=O) groups excluding carboxylic acids is 4. The zero-order valence-electron chi connectivity index (χ0n) is 51.5. The highest BCUT2D eigenvalue weighted by Gasteiger charge is 2.28. The van der Waals surface area contributed by atoms with Crippen molar-refractivity contribution < 1.29 is 71.2 Å². The number of hydrogen-bond donors (Lipinski definition) is 4. The molecule has 11 aromatic rings. The Morgan fingerprint density at radius 1 is 0.511 bits per heavy atom. The predicted octanol–water partition coefficient (Wildman–Crippen LogP) is 15.5.